The van der Waals surface area contributed by atoms with E-state index < -0.39 is 11.6 Å². The molecule has 1 saturated carbocycles. The number of hydrogen-bond acceptors (Lipinski definition) is 2. The van der Waals surface area contributed by atoms with Crippen molar-refractivity contribution >= 4 is 5.97 Å². The van der Waals surface area contributed by atoms with Crippen LogP contribution in [-0.2, 0) is 4.79 Å². The standard InChI is InChI=1S/C14H26O3/c1-4-8-14(17,12(15)16)11-6-5-9-13(2,3)10-7-11/h11,17H,4-10H2,1-3H3,(H,15,16). The number of rotatable bonds is 4. The molecule has 1 aliphatic rings. The predicted molar refractivity (Wildman–Crippen MR) is 67.8 cm³/mol. The number of aliphatic carboxylic acids is 1. The summed E-state index contributed by atoms with van der Waals surface area (Å²) in [7, 11) is 0. The number of carbonyl (C=O) groups is 1. The summed E-state index contributed by atoms with van der Waals surface area (Å²) in [5.41, 5.74) is -1.21. The number of carboxylic acids is 1. The number of aliphatic hydroxyl groups is 1. The third kappa shape index (κ3) is 3.44. The van der Waals surface area contributed by atoms with Gasteiger partial charge in [-0.2, -0.15) is 0 Å². The van der Waals surface area contributed by atoms with Gasteiger partial charge in [0.05, 0.1) is 0 Å². The highest BCUT2D eigenvalue weighted by Gasteiger charge is 2.44. The van der Waals surface area contributed by atoms with Crippen molar-refractivity contribution < 1.29 is 15.0 Å². The van der Waals surface area contributed by atoms with E-state index in [0.29, 0.717) is 18.3 Å². The molecule has 1 fully saturated rings. The molecule has 0 spiro atoms. The molecule has 0 aromatic carbocycles. The Hall–Kier alpha value is -0.570. The smallest absolute Gasteiger partial charge is 0.335 e. The van der Waals surface area contributed by atoms with Gasteiger partial charge in [-0.3, -0.25) is 0 Å². The molecule has 3 nitrogen and oxygen atoms in total. The van der Waals surface area contributed by atoms with Crippen LogP contribution in [0.25, 0.3) is 0 Å². The lowest BCUT2D eigenvalue weighted by Crippen LogP contribution is -2.45. The van der Waals surface area contributed by atoms with Gasteiger partial charge in [-0.1, -0.05) is 33.6 Å². The molecule has 0 radical (unpaired) electrons. The minimum absolute atomic E-state index is 0.0817. The van der Waals surface area contributed by atoms with E-state index in [0.717, 1.165) is 32.1 Å². The predicted octanol–water partition coefficient (Wildman–Crippen LogP) is 3.21. The average molecular weight is 242 g/mol. The van der Waals surface area contributed by atoms with E-state index in [-0.39, 0.29) is 5.92 Å². The Kier molecular flexibility index (Phi) is 4.59. The zero-order chi connectivity index (χ0) is 13.1. The molecule has 0 bridgehead atoms. The van der Waals surface area contributed by atoms with Crippen molar-refractivity contribution in [2.45, 2.75) is 71.3 Å². The first kappa shape index (κ1) is 14.5. The van der Waals surface area contributed by atoms with Gasteiger partial charge in [0.15, 0.2) is 5.60 Å². The van der Waals surface area contributed by atoms with Gasteiger partial charge in [-0.05, 0) is 43.4 Å². The molecular weight excluding hydrogens is 216 g/mol. The van der Waals surface area contributed by atoms with E-state index in [1.54, 1.807) is 0 Å². The van der Waals surface area contributed by atoms with Crippen LogP contribution >= 0.6 is 0 Å². The molecule has 17 heavy (non-hydrogen) atoms. The maximum absolute atomic E-state index is 11.3. The second kappa shape index (κ2) is 5.38. The minimum Gasteiger partial charge on any atom is -0.479 e. The Bertz CT molecular complexity index is 273. The molecule has 0 amide bonds. The zero-order valence-electron chi connectivity index (χ0n) is 11.3. The number of hydrogen-bond donors (Lipinski definition) is 2. The van der Waals surface area contributed by atoms with E-state index in [1.165, 1.54) is 0 Å². The summed E-state index contributed by atoms with van der Waals surface area (Å²) in [6, 6.07) is 0. The fourth-order valence-electron chi connectivity index (χ4n) is 3.01. The molecule has 0 aromatic rings. The van der Waals surface area contributed by atoms with Crippen molar-refractivity contribution in [1.82, 2.24) is 0 Å². The highest BCUT2D eigenvalue weighted by Crippen LogP contribution is 2.41. The van der Waals surface area contributed by atoms with Gasteiger partial charge in [0, 0.05) is 0 Å². The molecule has 1 aliphatic carbocycles. The third-order valence-electron chi connectivity index (χ3n) is 4.25. The van der Waals surface area contributed by atoms with E-state index in [4.69, 9.17) is 0 Å². The van der Waals surface area contributed by atoms with E-state index >= 15 is 0 Å². The molecule has 0 aliphatic heterocycles. The molecular formula is C14H26O3. The average Bonchev–Trinajstić information content (AvgIpc) is 2.39. The fraction of sp³-hybridized carbons (Fsp3) is 0.929. The first-order valence-corrected chi connectivity index (χ1v) is 6.77. The van der Waals surface area contributed by atoms with Crippen molar-refractivity contribution in [2.75, 3.05) is 0 Å². The van der Waals surface area contributed by atoms with E-state index in [1.807, 2.05) is 6.92 Å². The molecule has 100 valence electrons. The summed E-state index contributed by atoms with van der Waals surface area (Å²) in [4.78, 5) is 11.3. The Morgan fingerprint density at radius 3 is 2.53 bits per heavy atom. The Balaban J connectivity index is 2.79. The summed E-state index contributed by atoms with van der Waals surface area (Å²) in [5.74, 6) is -1.12. The molecule has 0 aromatic heterocycles. The Labute approximate surface area is 104 Å². The topological polar surface area (TPSA) is 57.5 Å². The lowest BCUT2D eigenvalue weighted by Gasteiger charge is -2.32. The Morgan fingerprint density at radius 1 is 1.35 bits per heavy atom. The number of carboxylic acid groups (broad SMARTS) is 1. The molecule has 1 rings (SSSR count). The Morgan fingerprint density at radius 2 is 2.00 bits per heavy atom. The maximum Gasteiger partial charge on any atom is 0.335 e. The van der Waals surface area contributed by atoms with Gasteiger partial charge >= 0.3 is 5.97 Å². The van der Waals surface area contributed by atoms with Crippen LogP contribution in [0.2, 0.25) is 0 Å². The van der Waals surface area contributed by atoms with Crippen molar-refractivity contribution in [3.05, 3.63) is 0 Å². The van der Waals surface area contributed by atoms with Crippen LogP contribution < -0.4 is 0 Å². The monoisotopic (exact) mass is 242 g/mol. The summed E-state index contributed by atoms with van der Waals surface area (Å²) >= 11 is 0. The molecule has 0 heterocycles. The van der Waals surface area contributed by atoms with Crippen LogP contribution in [0, 0.1) is 11.3 Å². The largest absolute Gasteiger partial charge is 0.479 e. The van der Waals surface area contributed by atoms with Crippen LogP contribution in [-0.4, -0.2) is 21.8 Å². The van der Waals surface area contributed by atoms with Gasteiger partial charge in [-0.15, -0.1) is 0 Å². The minimum atomic E-state index is -1.50. The van der Waals surface area contributed by atoms with E-state index in [2.05, 4.69) is 13.8 Å². The quantitative estimate of drug-likeness (QED) is 0.744. The van der Waals surface area contributed by atoms with Crippen LogP contribution in [0.5, 0.6) is 0 Å². The second-order valence-electron chi connectivity index (χ2n) is 6.27. The van der Waals surface area contributed by atoms with Crippen LogP contribution in [0.1, 0.15) is 65.7 Å². The van der Waals surface area contributed by atoms with Crippen molar-refractivity contribution in [2.24, 2.45) is 11.3 Å². The second-order valence-corrected chi connectivity index (χ2v) is 6.27. The first-order valence-electron chi connectivity index (χ1n) is 6.77. The maximum atomic E-state index is 11.3. The molecule has 2 atom stereocenters. The highest BCUT2D eigenvalue weighted by molar-refractivity contribution is 5.77. The van der Waals surface area contributed by atoms with Crippen LogP contribution in [0.15, 0.2) is 0 Å². The highest BCUT2D eigenvalue weighted by atomic mass is 16.4. The van der Waals surface area contributed by atoms with Gasteiger partial charge in [0.1, 0.15) is 0 Å². The fourth-order valence-corrected chi connectivity index (χ4v) is 3.01. The normalized spacial score (nSPS) is 28.1. The van der Waals surface area contributed by atoms with Crippen LogP contribution in [0.3, 0.4) is 0 Å². The first-order chi connectivity index (χ1) is 7.82. The molecule has 2 unspecified atom stereocenters. The van der Waals surface area contributed by atoms with Crippen molar-refractivity contribution in [1.29, 1.82) is 0 Å². The van der Waals surface area contributed by atoms with Gasteiger partial charge in [0.2, 0.25) is 0 Å². The van der Waals surface area contributed by atoms with Crippen molar-refractivity contribution in [3.63, 3.8) is 0 Å². The summed E-state index contributed by atoms with van der Waals surface area (Å²) in [6.45, 7) is 6.39. The van der Waals surface area contributed by atoms with Gasteiger partial charge < -0.3 is 10.2 Å². The lowest BCUT2D eigenvalue weighted by atomic mass is 9.78. The lowest BCUT2D eigenvalue weighted by molar-refractivity contribution is -0.167. The molecule has 2 N–H and O–H groups in total. The van der Waals surface area contributed by atoms with Gasteiger partial charge in [-0.25, -0.2) is 4.79 Å². The zero-order valence-corrected chi connectivity index (χ0v) is 11.3. The summed E-state index contributed by atoms with van der Waals surface area (Å²) in [5, 5.41) is 19.7. The van der Waals surface area contributed by atoms with Gasteiger partial charge in [0.25, 0.3) is 0 Å². The van der Waals surface area contributed by atoms with Crippen LogP contribution in [0.4, 0.5) is 0 Å². The van der Waals surface area contributed by atoms with Crippen molar-refractivity contribution in [3.8, 4) is 0 Å². The summed E-state index contributed by atoms with van der Waals surface area (Å²) in [6.07, 6.45) is 5.91. The summed E-state index contributed by atoms with van der Waals surface area (Å²) < 4.78 is 0. The molecule has 0 saturated heterocycles. The third-order valence-corrected chi connectivity index (χ3v) is 4.25. The van der Waals surface area contributed by atoms with E-state index in [9.17, 15) is 15.0 Å². The SMILES string of the molecule is CCCC(O)(C(=O)O)C1CCCC(C)(C)CC1. The molecule has 3 heteroatoms.